The first kappa shape index (κ1) is 30.8. The van der Waals surface area contributed by atoms with E-state index in [1.165, 1.54) is 5.56 Å². The number of benzene rings is 3. The van der Waals surface area contributed by atoms with Gasteiger partial charge in [-0.25, -0.2) is 4.98 Å². The van der Waals surface area contributed by atoms with Crippen LogP contribution in [-0.2, 0) is 19.0 Å². The molecule has 5 nitrogen and oxygen atoms in total. The van der Waals surface area contributed by atoms with Crippen molar-refractivity contribution in [3.05, 3.63) is 80.8 Å². The Balaban J connectivity index is 1.31. The quantitative estimate of drug-likeness (QED) is 0.202. The maximum atomic E-state index is 13.4. The van der Waals surface area contributed by atoms with E-state index in [1.807, 2.05) is 60.1 Å². The van der Waals surface area contributed by atoms with Crippen molar-refractivity contribution < 1.29 is 13.2 Å². The van der Waals surface area contributed by atoms with E-state index in [0.29, 0.717) is 57.4 Å². The fourth-order valence-corrected chi connectivity index (χ4v) is 6.01. The number of aromatic nitrogens is 2. The first-order valence-corrected chi connectivity index (χ1v) is 14.9. The van der Waals surface area contributed by atoms with Crippen LogP contribution in [0.25, 0.3) is 11.0 Å². The molecule has 42 heavy (non-hydrogen) atoms. The third-order valence-electron chi connectivity index (χ3n) is 7.97. The summed E-state index contributed by atoms with van der Waals surface area (Å²) in [6.07, 6.45) is -3.64. The largest absolute Gasteiger partial charge is 0.393 e. The summed E-state index contributed by atoms with van der Waals surface area (Å²) in [7, 11) is 1.85. The van der Waals surface area contributed by atoms with Crippen LogP contribution in [0.4, 0.5) is 30.5 Å². The van der Waals surface area contributed by atoms with Gasteiger partial charge in [-0.3, -0.25) is 0 Å². The zero-order valence-electron chi connectivity index (χ0n) is 23.6. The van der Waals surface area contributed by atoms with Gasteiger partial charge in [0.1, 0.15) is 0 Å². The molecule has 1 aromatic heterocycles. The van der Waals surface area contributed by atoms with Crippen molar-refractivity contribution in [2.24, 2.45) is 13.0 Å². The molecule has 0 radical (unpaired) electrons. The molecule has 1 fully saturated rings. The zero-order chi connectivity index (χ0) is 30.2. The molecule has 0 bridgehead atoms. The van der Waals surface area contributed by atoms with Crippen molar-refractivity contribution in [2.45, 2.75) is 44.8 Å². The average molecular weight is 639 g/mol. The van der Waals surface area contributed by atoms with Crippen molar-refractivity contribution in [3.63, 3.8) is 0 Å². The van der Waals surface area contributed by atoms with Crippen molar-refractivity contribution in [1.82, 2.24) is 14.9 Å². The Hall–Kier alpha value is -2.65. The number of alkyl halides is 3. The van der Waals surface area contributed by atoms with Gasteiger partial charge in [-0.05, 0) is 60.4 Å². The van der Waals surface area contributed by atoms with Gasteiger partial charge < -0.3 is 20.1 Å². The predicted octanol–water partition coefficient (Wildman–Crippen LogP) is 9.12. The Morgan fingerprint density at radius 2 is 1.71 bits per heavy atom. The molecule has 0 spiro atoms. The number of nitrogens with zero attached hydrogens (tertiary/aromatic N) is 3. The van der Waals surface area contributed by atoms with Gasteiger partial charge in [0.05, 0.1) is 38.4 Å². The lowest BCUT2D eigenvalue weighted by atomic mass is 9.84. The SMILES string of the molecule is Cn1c(Nc2cc(CNCC(C)(C)c3ccc(Cl)cc3)ccc2Cl)nc2cc(Cl)c(N3CCCC(C(F)(F)F)C3)cc21. The molecule has 1 aliphatic heterocycles. The third kappa shape index (κ3) is 6.77. The van der Waals surface area contributed by atoms with E-state index < -0.39 is 12.1 Å². The Morgan fingerprint density at radius 1 is 0.976 bits per heavy atom. The number of piperidine rings is 1. The highest BCUT2D eigenvalue weighted by atomic mass is 35.5. The fraction of sp³-hybridized carbons (Fsp3) is 0.387. The molecule has 5 rings (SSSR count). The number of anilines is 3. The monoisotopic (exact) mass is 637 g/mol. The highest BCUT2D eigenvalue weighted by molar-refractivity contribution is 6.34. The number of hydrogen-bond acceptors (Lipinski definition) is 4. The summed E-state index contributed by atoms with van der Waals surface area (Å²) in [4.78, 5) is 6.43. The second-order valence-electron chi connectivity index (χ2n) is 11.5. The number of imidazole rings is 1. The summed E-state index contributed by atoms with van der Waals surface area (Å²) < 4.78 is 42.1. The number of fused-ring (bicyclic) bond motifs is 1. The molecule has 0 aliphatic carbocycles. The molecular formula is C31H33Cl3F3N5. The van der Waals surface area contributed by atoms with Gasteiger partial charge in [-0.2, -0.15) is 13.2 Å². The van der Waals surface area contributed by atoms with Crippen LogP contribution in [0.2, 0.25) is 15.1 Å². The highest BCUT2D eigenvalue weighted by Gasteiger charge is 2.42. The zero-order valence-corrected chi connectivity index (χ0v) is 25.9. The topological polar surface area (TPSA) is 45.1 Å². The maximum Gasteiger partial charge on any atom is 0.393 e. The van der Waals surface area contributed by atoms with Crippen LogP contribution >= 0.6 is 34.8 Å². The van der Waals surface area contributed by atoms with Crippen molar-refractivity contribution in [3.8, 4) is 0 Å². The smallest absolute Gasteiger partial charge is 0.370 e. The average Bonchev–Trinajstić information content (AvgIpc) is 3.23. The molecule has 1 unspecified atom stereocenters. The molecule has 3 aromatic carbocycles. The maximum absolute atomic E-state index is 13.4. The lowest BCUT2D eigenvalue weighted by molar-refractivity contribution is -0.175. The summed E-state index contributed by atoms with van der Waals surface area (Å²) in [5, 5.41) is 8.50. The van der Waals surface area contributed by atoms with Crippen LogP contribution in [-0.4, -0.2) is 35.4 Å². The summed E-state index contributed by atoms with van der Waals surface area (Å²) >= 11 is 19.2. The Labute approximate surface area is 259 Å². The van der Waals surface area contributed by atoms with Crippen LogP contribution in [0.3, 0.4) is 0 Å². The highest BCUT2D eigenvalue weighted by Crippen LogP contribution is 2.39. The lowest BCUT2D eigenvalue weighted by Gasteiger charge is -2.35. The van der Waals surface area contributed by atoms with E-state index >= 15 is 0 Å². The van der Waals surface area contributed by atoms with E-state index in [0.717, 1.165) is 17.6 Å². The number of rotatable bonds is 8. The normalized spacial score (nSPS) is 16.3. The molecule has 1 atom stereocenters. The molecule has 2 heterocycles. The fourth-order valence-electron chi connectivity index (χ4n) is 5.44. The number of aryl methyl sites for hydroxylation is 1. The van der Waals surface area contributed by atoms with Crippen LogP contribution < -0.4 is 15.5 Å². The molecule has 2 N–H and O–H groups in total. The van der Waals surface area contributed by atoms with Gasteiger partial charge >= 0.3 is 6.18 Å². The minimum Gasteiger partial charge on any atom is -0.370 e. The summed E-state index contributed by atoms with van der Waals surface area (Å²) in [5.41, 5.74) is 4.82. The van der Waals surface area contributed by atoms with Gasteiger partial charge in [0, 0.05) is 43.7 Å². The van der Waals surface area contributed by atoms with Crippen LogP contribution in [0.1, 0.15) is 37.8 Å². The second-order valence-corrected chi connectivity index (χ2v) is 12.8. The summed E-state index contributed by atoms with van der Waals surface area (Å²) in [6, 6.07) is 17.2. The van der Waals surface area contributed by atoms with E-state index in [2.05, 4.69) is 24.5 Å². The minimum atomic E-state index is -4.23. The van der Waals surface area contributed by atoms with Gasteiger partial charge in [-0.15, -0.1) is 0 Å². The van der Waals surface area contributed by atoms with Gasteiger partial charge in [0.2, 0.25) is 5.95 Å². The minimum absolute atomic E-state index is 0.0901. The molecule has 224 valence electrons. The first-order valence-electron chi connectivity index (χ1n) is 13.8. The van der Waals surface area contributed by atoms with Gasteiger partial charge in [0.15, 0.2) is 0 Å². The van der Waals surface area contributed by atoms with Crippen molar-refractivity contribution >= 4 is 63.2 Å². The molecule has 0 amide bonds. The van der Waals surface area contributed by atoms with E-state index in [4.69, 9.17) is 39.8 Å². The van der Waals surface area contributed by atoms with Crippen molar-refractivity contribution in [2.75, 3.05) is 29.9 Å². The van der Waals surface area contributed by atoms with Gasteiger partial charge in [-0.1, -0.05) is 66.8 Å². The van der Waals surface area contributed by atoms with Crippen LogP contribution in [0.15, 0.2) is 54.6 Å². The van der Waals surface area contributed by atoms with Crippen molar-refractivity contribution in [1.29, 1.82) is 0 Å². The third-order valence-corrected chi connectivity index (χ3v) is 8.86. The standard InChI is InChI=1S/C31H33Cl3F3N5/c1-30(2,20-7-9-22(32)10-8-20)18-38-16-19-6-11-23(33)25(13-19)39-29-40-26-14-24(34)27(15-28(26)41(29)3)42-12-4-5-21(17-42)31(35,36)37/h6-11,13-15,21,38H,4-5,12,16-18H2,1-3H3,(H,39,40). The van der Waals surface area contributed by atoms with E-state index in [1.54, 1.807) is 11.0 Å². The second kappa shape index (κ2) is 12.2. The summed E-state index contributed by atoms with van der Waals surface area (Å²) in [6.45, 7) is 6.18. The molecule has 4 aromatic rings. The number of nitrogens with one attached hydrogen (secondary N) is 2. The Morgan fingerprint density at radius 3 is 2.43 bits per heavy atom. The predicted molar refractivity (Wildman–Crippen MR) is 168 cm³/mol. The van der Waals surface area contributed by atoms with Gasteiger partial charge in [0.25, 0.3) is 0 Å². The molecular weight excluding hydrogens is 606 g/mol. The van der Waals surface area contributed by atoms with E-state index in [-0.39, 0.29) is 18.4 Å². The lowest BCUT2D eigenvalue weighted by Crippen LogP contribution is -2.41. The molecule has 1 saturated heterocycles. The number of hydrogen-bond donors (Lipinski definition) is 2. The Bertz CT molecular complexity index is 1570. The molecule has 1 aliphatic rings. The number of halogens is 6. The molecule has 11 heteroatoms. The van der Waals surface area contributed by atoms with Crippen LogP contribution in [0.5, 0.6) is 0 Å². The Kier molecular flexibility index (Phi) is 8.91. The molecule has 0 saturated carbocycles. The van der Waals surface area contributed by atoms with E-state index in [9.17, 15) is 13.2 Å². The first-order chi connectivity index (χ1) is 19.8. The van der Waals surface area contributed by atoms with Crippen LogP contribution in [0, 0.1) is 5.92 Å². The summed E-state index contributed by atoms with van der Waals surface area (Å²) in [5.74, 6) is -0.824.